The lowest BCUT2D eigenvalue weighted by Crippen LogP contribution is -2.28. The van der Waals surface area contributed by atoms with Crippen LogP contribution in [0.1, 0.15) is 13.3 Å². The number of nitrogens with zero attached hydrogens (tertiary/aromatic N) is 2. The second kappa shape index (κ2) is 3.94. The zero-order valence-corrected chi connectivity index (χ0v) is 11.7. The number of aromatic nitrogens is 2. The fraction of sp³-hybridized carbons (Fsp3) is 0.500. The topological polar surface area (TPSA) is 75.5 Å². The fourth-order valence-corrected chi connectivity index (χ4v) is 4.34. The van der Waals surface area contributed by atoms with Gasteiger partial charge in [-0.05, 0) is 12.3 Å². The molecule has 2 atom stereocenters. The average molecular weight is 286 g/mol. The molecule has 0 saturated heterocycles. The molecule has 0 amide bonds. The van der Waals surface area contributed by atoms with E-state index in [1.807, 2.05) is 12.3 Å². The number of thiazole rings is 1. The maximum Gasteiger partial charge on any atom is 0.260 e. The first kappa shape index (κ1) is 11.9. The van der Waals surface area contributed by atoms with E-state index >= 15 is 0 Å². The summed E-state index contributed by atoms with van der Waals surface area (Å²) < 4.78 is 29.1. The Bertz CT molecular complexity index is 688. The van der Waals surface area contributed by atoms with Crippen LogP contribution in [-0.2, 0) is 10.0 Å². The van der Waals surface area contributed by atoms with Crippen molar-refractivity contribution < 1.29 is 8.42 Å². The van der Waals surface area contributed by atoms with Crippen molar-refractivity contribution in [3.8, 4) is 0 Å². The van der Waals surface area contributed by atoms with E-state index < -0.39 is 10.0 Å². The highest BCUT2D eigenvalue weighted by atomic mass is 32.2. The van der Waals surface area contributed by atoms with E-state index in [-0.39, 0.29) is 11.1 Å². The summed E-state index contributed by atoms with van der Waals surface area (Å²) in [5, 5.41) is 4.85. The average Bonchev–Trinajstić information content (AvgIpc) is 2.75. The number of hydrogen-bond donors (Lipinski definition) is 2. The van der Waals surface area contributed by atoms with Crippen molar-refractivity contribution in [1.82, 2.24) is 14.1 Å². The lowest BCUT2D eigenvalue weighted by Gasteiger charge is -2.06. The van der Waals surface area contributed by atoms with Gasteiger partial charge in [0.25, 0.3) is 10.0 Å². The summed E-state index contributed by atoms with van der Waals surface area (Å²) in [4.78, 5) is 4.93. The van der Waals surface area contributed by atoms with Crippen LogP contribution in [0.5, 0.6) is 0 Å². The van der Waals surface area contributed by atoms with Gasteiger partial charge >= 0.3 is 0 Å². The molecule has 0 radical (unpaired) electrons. The Kier molecular flexibility index (Phi) is 2.61. The number of imidazole rings is 1. The van der Waals surface area contributed by atoms with E-state index in [1.54, 1.807) is 17.6 Å². The van der Waals surface area contributed by atoms with Crippen LogP contribution in [0.4, 0.5) is 5.82 Å². The van der Waals surface area contributed by atoms with Gasteiger partial charge in [0.15, 0.2) is 15.8 Å². The van der Waals surface area contributed by atoms with E-state index in [0.717, 1.165) is 6.42 Å². The van der Waals surface area contributed by atoms with Crippen molar-refractivity contribution in [2.24, 2.45) is 5.92 Å². The number of sulfonamides is 1. The number of fused-ring (bicyclic) bond motifs is 1. The summed E-state index contributed by atoms with van der Waals surface area (Å²) in [6, 6.07) is 0.0592. The predicted molar refractivity (Wildman–Crippen MR) is 70.5 cm³/mol. The molecule has 0 aliphatic heterocycles. The third kappa shape index (κ3) is 1.80. The highest BCUT2D eigenvalue weighted by Crippen LogP contribution is 2.32. The minimum atomic E-state index is -3.53. The van der Waals surface area contributed by atoms with Crippen LogP contribution >= 0.6 is 11.3 Å². The predicted octanol–water partition coefficient (Wildman–Crippen LogP) is 1.12. The molecule has 2 N–H and O–H groups in total. The lowest BCUT2D eigenvalue weighted by molar-refractivity contribution is 0.574. The fourth-order valence-electron chi connectivity index (χ4n) is 1.93. The van der Waals surface area contributed by atoms with Crippen molar-refractivity contribution in [3.05, 3.63) is 11.6 Å². The zero-order chi connectivity index (χ0) is 12.9. The minimum Gasteiger partial charge on any atom is -0.371 e. The van der Waals surface area contributed by atoms with Crippen LogP contribution < -0.4 is 10.0 Å². The van der Waals surface area contributed by atoms with Crippen LogP contribution in [0.25, 0.3) is 4.96 Å². The molecule has 1 saturated carbocycles. The van der Waals surface area contributed by atoms with Crippen LogP contribution in [-0.4, -0.2) is 30.9 Å². The molecule has 2 aromatic heterocycles. The molecule has 1 aliphatic rings. The van der Waals surface area contributed by atoms with Gasteiger partial charge in [0.2, 0.25) is 0 Å². The van der Waals surface area contributed by atoms with Gasteiger partial charge in [-0.15, -0.1) is 11.3 Å². The Morgan fingerprint density at radius 3 is 2.89 bits per heavy atom. The van der Waals surface area contributed by atoms with E-state index in [0.29, 0.717) is 16.7 Å². The molecule has 0 bridgehead atoms. The van der Waals surface area contributed by atoms with Crippen LogP contribution in [0.2, 0.25) is 0 Å². The van der Waals surface area contributed by atoms with Crippen molar-refractivity contribution >= 4 is 32.1 Å². The largest absolute Gasteiger partial charge is 0.371 e. The number of hydrogen-bond acceptors (Lipinski definition) is 5. The molecule has 2 aromatic rings. The second-order valence-corrected chi connectivity index (χ2v) is 7.01. The summed E-state index contributed by atoms with van der Waals surface area (Å²) in [6.07, 6.45) is 2.62. The quantitative estimate of drug-likeness (QED) is 0.883. The molecule has 98 valence electrons. The van der Waals surface area contributed by atoms with Crippen molar-refractivity contribution in [1.29, 1.82) is 0 Å². The highest BCUT2D eigenvalue weighted by Gasteiger charge is 2.38. The van der Waals surface area contributed by atoms with Crippen molar-refractivity contribution in [3.63, 3.8) is 0 Å². The van der Waals surface area contributed by atoms with E-state index in [9.17, 15) is 8.42 Å². The number of rotatable bonds is 4. The van der Waals surface area contributed by atoms with Crippen LogP contribution in [0.3, 0.4) is 0 Å². The van der Waals surface area contributed by atoms with Crippen molar-refractivity contribution in [2.45, 2.75) is 24.4 Å². The number of nitrogens with one attached hydrogen (secondary N) is 2. The van der Waals surface area contributed by atoms with Crippen molar-refractivity contribution in [2.75, 3.05) is 12.4 Å². The zero-order valence-electron chi connectivity index (χ0n) is 10.0. The molecule has 1 fully saturated rings. The standard InChI is InChI=1S/C10H14N4O2S2/c1-6-5-7(6)13-18(15,16)9-8(11-2)12-10-14(9)3-4-17-10/h3-4,6-7,11,13H,5H2,1-2H3. The Morgan fingerprint density at radius 2 is 2.28 bits per heavy atom. The Morgan fingerprint density at radius 1 is 1.56 bits per heavy atom. The minimum absolute atomic E-state index is 0.0592. The first-order chi connectivity index (χ1) is 8.53. The van der Waals surface area contributed by atoms with E-state index in [1.165, 1.54) is 11.3 Å². The summed E-state index contributed by atoms with van der Waals surface area (Å²) in [5.41, 5.74) is 0. The molecule has 6 nitrogen and oxygen atoms in total. The third-order valence-electron chi connectivity index (χ3n) is 3.13. The second-order valence-electron chi connectivity index (χ2n) is 4.51. The van der Waals surface area contributed by atoms with Gasteiger partial charge < -0.3 is 5.32 Å². The molecule has 18 heavy (non-hydrogen) atoms. The van der Waals surface area contributed by atoms with Gasteiger partial charge in [-0.1, -0.05) is 6.92 Å². The van der Waals surface area contributed by atoms with E-state index in [2.05, 4.69) is 15.0 Å². The smallest absolute Gasteiger partial charge is 0.260 e. The lowest BCUT2D eigenvalue weighted by atomic mass is 10.5. The Balaban J connectivity index is 2.08. The van der Waals surface area contributed by atoms with Gasteiger partial charge in [0.1, 0.15) is 0 Å². The van der Waals surface area contributed by atoms with Crippen LogP contribution in [0, 0.1) is 5.92 Å². The monoisotopic (exact) mass is 286 g/mol. The first-order valence-electron chi connectivity index (χ1n) is 5.68. The summed E-state index contributed by atoms with van der Waals surface area (Å²) in [6.45, 7) is 2.03. The van der Waals surface area contributed by atoms with Gasteiger partial charge in [0, 0.05) is 24.7 Å². The number of anilines is 1. The SMILES string of the molecule is CNc1nc2sccn2c1S(=O)(=O)NC1CC1C. The molecule has 0 spiro atoms. The van der Waals surface area contributed by atoms with Gasteiger partial charge in [-0.25, -0.2) is 18.1 Å². The molecule has 0 aromatic carbocycles. The summed E-state index contributed by atoms with van der Waals surface area (Å²) >= 11 is 1.41. The molecule has 3 rings (SSSR count). The normalized spacial score (nSPS) is 23.4. The van der Waals surface area contributed by atoms with Gasteiger partial charge in [-0.2, -0.15) is 0 Å². The first-order valence-corrected chi connectivity index (χ1v) is 8.05. The van der Waals surface area contributed by atoms with Gasteiger partial charge in [-0.3, -0.25) is 4.40 Å². The van der Waals surface area contributed by atoms with Gasteiger partial charge in [0.05, 0.1) is 0 Å². The molecular weight excluding hydrogens is 272 g/mol. The maximum atomic E-state index is 12.4. The molecule has 2 unspecified atom stereocenters. The maximum absolute atomic E-state index is 12.4. The summed E-state index contributed by atoms with van der Waals surface area (Å²) in [5.74, 6) is 0.811. The highest BCUT2D eigenvalue weighted by molar-refractivity contribution is 7.89. The molecule has 8 heteroatoms. The molecule has 2 heterocycles. The van der Waals surface area contributed by atoms with Crippen LogP contribution in [0.15, 0.2) is 16.6 Å². The van der Waals surface area contributed by atoms with E-state index in [4.69, 9.17) is 0 Å². The molecular formula is C10H14N4O2S2. The Hall–Kier alpha value is -1.12. The third-order valence-corrected chi connectivity index (χ3v) is 5.39. The summed E-state index contributed by atoms with van der Waals surface area (Å²) in [7, 11) is -1.86. The molecule has 1 aliphatic carbocycles. The Labute approximate surface area is 109 Å².